The number of carbonyl (C=O) groups is 5. The van der Waals surface area contributed by atoms with E-state index in [0.29, 0.717) is 5.76 Å². The van der Waals surface area contributed by atoms with Gasteiger partial charge in [0.1, 0.15) is 23.8 Å². The van der Waals surface area contributed by atoms with Crippen molar-refractivity contribution in [3.05, 3.63) is 53.1 Å². The zero-order valence-electron chi connectivity index (χ0n) is 29.6. The molecule has 284 valence electrons. The molecule has 3 aliphatic carbocycles. The number of aromatic nitrogens is 1. The summed E-state index contributed by atoms with van der Waals surface area (Å²) in [5, 5.41) is 38.8. The molecule has 15 heteroatoms. The lowest BCUT2D eigenvalue weighted by Gasteiger charge is -2.40. The quantitative estimate of drug-likeness (QED) is 0.0738. The third kappa shape index (κ3) is 9.79. The van der Waals surface area contributed by atoms with Crippen molar-refractivity contribution in [2.45, 2.75) is 107 Å². The Kier molecular flexibility index (Phi) is 13.9. The average molecular weight is 742 g/mol. The summed E-state index contributed by atoms with van der Waals surface area (Å²) in [5.74, 6) is -4.27. The lowest BCUT2D eigenvalue weighted by Crippen LogP contribution is -2.53. The number of carbonyl (C=O) groups excluding carboxylic acids is 3. The largest absolute Gasteiger partial charge is 0.480 e. The second kappa shape index (κ2) is 18.3. The Morgan fingerprint density at radius 2 is 1.71 bits per heavy atom. The molecule has 1 aromatic rings. The number of aliphatic hydroxyl groups excluding tert-OH is 1. The molecule has 52 heavy (non-hydrogen) atoms. The minimum absolute atomic E-state index is 0.00346. The zero-order chi connectivity index (χ0) is 37.3. The van der Waals surface area contributed by atoms with Crippen molar-refractivity contribution < 1.29 is 44.0 Å². The first-order chi connectivity index (χ1) is 25.0. The van der Waals surface area contributed by atoms with Gasteiger partial charge in [0.15, 0.2) is 0 Å². The summed E-state index contributed by atoms with van der Waals surface area (Å²) in [7, 11) is 1.65. The van der Waals surface area contributed by atoms with Gasteiger partial charge in [0.05, 0.1) is 5.25 Å². The number of thioether (sulfide) groups is 1. The highest BCUT2D eigenvalue weighted by Gasteiger charge is 2.51. The van der Waals surface area contributed by atoms with Gasteiger partial charge in [0, 0.05) is 31.2 Å². The van der Waals surface area contributed by atoms with Gasteiger partial charge in [-0.1, -0.05) is 43.8 Å². The second-order valence-electron chi connectivity index (χ2n) is 14.4. The highest BCUT2D eigenvalue weighted by molar-refractivity contribution is 8.00. The van der Waals surface area contributed by atoms with Gasteiger partial charge < -0.3 is 36.0 Å². The molecule has 6 atom stereocenters. The molecule has 2 heterocycles. The Morgan fingerprint density at radius 3 is 2.38 bits per heavy atom. The van der Waals surface area contributed by atoms with Crippen LogP contribution in [0.5, 0.6) is 0 Å². The van der Waals surface area contributed by atoms with E-state index >= 15 is 0 Å². The van der Waals surface area contributed by atoms with Gasteiger partial charge >= 0.3 is 17.9 Å². The highest BCUT2D eigenvalue weighted by Crippen LogP contribution is 2.56. The van der Waals surface area contributed by atoms with E-state index in [9.17, 15) is 39.3 Å². The van der Waals surface area contributed by atoms with Gasteiger partial charge in [-0.25, -0.2) is 4.79 Å². The summed E-state index contributed by atoms with van der Waals surface area (Å²) in [6.07, 6.45) is 13.6. The fraction of sp³-hybridized carbons (Fsp3) is 0.622. The first kappa shape index (κ1) is 39.4. The zero-order valence-corrected chi connectivity index (χ0v) is 30.4. The molecular weight excluding hydrogens is 691 g/mol. The third-order valence-corrected chi connectivity index (χ3v) is 12.4. The summed E-state index contributed by atoms with van der Waals surface area (Å²) in [4.78, 5) is 67.6. The van der Waals surface area contributed by atoms with Crippen LogP contribution in [0.1, 0.15) is 82.6 Å². The molecule has 1 saturated carbocycles. The number of esters is 1. The van der Waals surface area contributed by atoms with Crippen LogP contribution in [0.4, 0.5) is 0 Å². The summed E-state index contributed by atoms with van der Waals surface area (Å²) in [6.45, 7) is 0.211. The van der Waals surface area contributed by atoms with Crippen molar-refractivity contribution in [1.29, 1.82) is 0 Å². The second-order valence-corrected chi connectivity index (χ2v) is 15.5. The van der Waals surface area contributed by atoms with E-state index in [0.717, 1.165) is 81.8 Å². The van der Waals surface area contributed by atoms with Crippen LogP contribution in [0.2, 0.25) is 0 Å². The van der Waals surface area contributed by atoms with Gasteiger partial charge in [-0.15, -0.1) is 11.8 Å². The molecule has 1 aromatic heterocycles. The maximum absolute atomic E-state index is 13.7. The van der Waals surface area contributed by atoms with Crippen LogP contribution < -0.4 is 21.3 Å². The topological polar surface area (TPSA) is 216 Å². The number of amides is 2. The minimum atomic E-state index is -2.19. The number of nitrogens with one attached hydrogen (secondary N) is 4. The Balaban J connectivity index is 1.43. The van der Waals surface area contributed by atoms with Crippen LogP contribution in [0, 0.1) is 17.3 Å². The van der Waals surface area contributed by atoms with E-state index in [2.05, 4.69) is 32.3 Å². The smallest absolute Gasteiger partial charge is 0.353 e. The highest BCUT2D eigenvalue weighted by atomic mass is 32.2. The van der Waals surface area contributed by atoms with Crippen molar-refractivity contribution >= 4 is 41.5 Å². The number of hydrogen-bond donors (Lipinski definition) is 7. The minimum Gasteiger partial charge on any atom is -0.480 e. The molecule has 1 fully saturated rings. The van der Waals surface area contributed by atoms with Crippen LogP contribution in [0.25, 0.3) is 0 Å². The number of nitrogens with zero attached hydrogens (tertiary/aromatic N) is 1. The van der Waals surface area contributed by atoms with Crippen molar-refractivity contribution in [3.63, 3.8) is 0 Å². The molecule has 0 bridgehead atoms. The van der Waals surface area contributed by atoms with Gasteiger partial charge in [0.25, 0.3) is 0 Å². The number of aliphatic carboxylic acids is 2. The number of carboxylic acids is 2. The molecule has 2 unspecified atom stereocenters. The van der Waals surface area contributed by atoms with Crippen molar-refractivity contribution in [3.8, 4) is 0 Å². The van der Waals surface area contributed by atoms with Gasteiger partial charge in [-0.3, -0.25) is 29.5 Å². The lowest BCUT2D eigenvalue weighted by molar-refractivity contribution is -0.151. The predicted molar refractivity (Wildman–Crippen MR) is 192 cm³/mol. The number of rotatable bonds is 16. The fourth-order valence-corrected chi connectivity index (χ4v) is 9.92. The van der Waals surface area contributed by atoms with E-state index in [1.165, 1.54) is 17.3 Å². The molecule has 0 aromatic carbocycles. The summed E-state index contributed by atoms with van der Waals surface area (Å²) >= 11 is 1.42. The summed E-state index contributed by atoms with van der Waals surface area (Å²) in [5.41, 5.74) is 3.15. The molecule has 2 amide bonds. The fourth-order valence-electron chi connectivity index (χ4n) is 8.26. The van der Waals surface area contributed by atoms with Crippen molar-refractivity contribution in [2.24, 2.45) is 17.3 Å². The van der Waals surface area contributed by atoms with Crippen molar-refractivity contribution in [2.75, 3.05) is 19.5 Å². The number of allylic oxidation sites excluding steroid dienone is 1. The van der Waals surface area contributed by atoms with Crippen LogP contribution in [0.3, 0.4) is 0 Å². The predicted octanol–water partition coefficient (Wildman–Crippen LogP) is 2.63. The Labute approximate surface area is 308 Å². The van der Waals surface area contributed by atoms with Crippen LogP contribution >= 0.6 is 11.8 Å². The molecule has 1 aliphatic heterocycles. The van der Waals surface area contributed by atoms with E-state index in [4.69, 9.17) is 4.74 Å². The third-order valence-electron chi connectivity index (χ3n) is 10.8. The number of aliphatic hydroxyl groups is 1. The van der Waals surface area contributed by atoms with E-state index in [1.807, 2.05) is 12.1 Å². The van der Waals surface area contributed by atoms with Crippen LogP contribution in [-0.4, -0.2) is 93.1 Å². The monoisotopic (exact) mass is 741 g/mol. The number of carboxylic acid groups (broad SMARTS) is 2. The molecule has 5 rings (SSSR count). The molecule has 1 spiro atoms. The van der Waals surface area contributed by atoms with E-state index in [-0.39, 0.29) is 47.8 Å². The summed E-state index contributed by atoms with van der Waals surface area (Å²) < 4.78 is 6.29. The van der Waals surface area contributed by atoms with Crippen LogP contribution in [0.15, 0.2) is 47.5 Å². The number of hydrogen-bond acceptors (Lipinski definition) is 11. The maximum atomic E-state index is 13.7. The first-order valence-corrected chi connectivity index (χ1v) is 19.3. The van der Waals surface area contributed by atoms with Crippen LogP contribution in [-0.2, 0) is 35.1 Å². The Morgan fingerprint density at radius 1 is 1.00 bits per heavy atom. The van der Waals surface area contributed by atoms with E-state index in [1.54, 1.807) is 19.4 Å². The molecule has 0 radical (unpaired) electrons. The molecule has 0 saturated heterocycles. The van der Waals surface area contributed by atoms with Crippen molar-refractivity contribution in [1.82, 2.24) is 26.3 Å². The normalized spacial score (nSPS) is 24.2. The van der Waals surface area contributed by atoms with E-state index < -0.39 is 48.0 Å². The molecule has 14 nitrogen and oxygen atoms in total. The standard InChI is InChI=1S/C37H51N5O9S/c1-38-21-40-26(34(46)47)8-9-28(43)41-27(32(44)42-33(45)35(48)49)20-52-31-30-29-24(7-3-2-4-12-37(31)13-5-6-14-37)18-23(19-25(29)36(50)51-30)17-22-10-15-39-16-11-22/h10-11,15-16,19,24-27,31,33,38,40,45H,2-9,12-14,17-18,20-21H2,1H3,(H,41,43)(H,42,44)(H,46,47)(H,48,49)/t24?,25-,26+,27+,31?,33+/m1/s1. The Bertz CT molecular complexity index is 1530. The molecule has 4 aliphatic rings. The first-order valence-electron chi connectivity index (χ1n) is 18.3. The van der Waals surface area contributed by atoms with Gasteiger partial charge in [-0.05, 0) is 86.6 Å². The number of ether oxygens (including phenoxy) is 1. The van der Waals surface area contributed by atoms with Gasteiger partial charge in [0.2, 0.25) is 18.0 Å². The SMILES string of the molecule is CNCN[C@@H](CCC(=O)N[C@@H](CSC1C2=C3C(CCCCCC14CCCC4)CC(Cc1ccncc1)=C[C@H]3C(=O)O2)C(=O)N[C@@H](O)C(=O)O)C(=O)O. The molecule has 7 N–H and O–H groups in total. The molecular formula is C37H51N5O9S. The number of pyridine rings is 1. The maximum Gasteiger partial charge on any atom is 0.353 e. The Hall–Kier alpha value is -3.79. The lowest BCUT2D eigenvalue weighted by atomic mass is 9.70. The van der Waals surface area contributed by atoms with Gasteiger partial charge in [-0.2, -0.15) is 0 Å². The summed E-state index contributed by atoms with van der Waals surface area (Å²) in [6, 6.07) is 1.70. The average Bonchev–Trinajstić information content (AvgIpc) is 3.72.